The number of ether oxygens (including phenoxy) is 1. The molecule has 4 nitrogen and oxygen atoms in total. The van der Waals surface area contributed by atoms with Crippen molar-refractivity contribution >= 4 is 5.69 Å². The van der Waals surface area contributed by atoms with E-state index in [1.54, 1.807) is 7.11 Å². The smallest absolute Gasteiger partial charge is 0.141 e. The fourth-order valence-electron chi connectivity index (χ4n) is 2.02. The zero-order valence-corrected chi connectivity index (χ0v) is 10.6. The number of nitrogens with two attached hydrogens (primary N) is 1. The average molecular weight is 231 g/mol. The van der Waals surface area contributed by atoms with Crippen LogP contribution < -0.4 is 10.5 Å². The molecule has 17 heavy (non-hydrogen) atoms. The molecule has 2 N–H and O–H groups in total. The molecule has 2 rings (SSSR count). The lowest BCUT2D eigenvalue weighted by Gasteiger charge is -2.11. The Bertz CT molecular complexity index is 558. The highest BCUT2D eigenvalue weighted by Crippen LogP contribution is 2.26. The van der Waals surface area contributed by atoms with Crippen LogP contribution in [0.2, 0.25) is 0 Å². The number of benzene rings is 1. The minimum Gasteiger partial charge on any atom is -0.495 e. The van der Waals surface area contributed by atoms with Crippen molar-refractivity contribution in [3.05, 3.63) is 35.4 Å². The number of imidazole rings is 1. The molecule has 0 fully saturated rings. The van der Waals surface area contributed by atoms with E-state index in [9.17, 15) is 0 Å². The molecule has 90 valence electrons. The van der Waals surface area contributed by atoms with Gasteiger partial charge in [0.15, 0.2) is 0 Å². The van der Waals surface area contributed by atoms with Gasteiger partial charge in [0.2, 0.25) is 0 Å². The molecule has 1 heterocycles. The van der Waals surface area contributed by atoms with Crippen molar-refractivity contribution in [2.45, 2.75) is 20.8 Å². The van der Waals surface area contributed by atoms with E-state index in [1.165, 1.54) is 0 Å². The van der Waals surface area contributed by atoms with E-state index in [0.717, 1.165) is 22.9 Å². The number of hydrogen-bond donors (Lipinski definition) is 1. The molecule has 0 amide bonds. The number of rotatable bonds is 2. The predicted molar refractivity (Wildman–Crippen MR) is 68.7 cm³/mol. The van der Waals surface area contributed by atoms with E-state index in [0.29, 0.717) is 11.4 Å². The van der Waals surface area contributed by atoms with Crippen LogP contribution in [0.15, 0.2) is 18.2 Å². The van der Waals surface area contributed by atoms with Gasteiger partial charge in [-0.1, -0.05) is 0 Å². The Morgan fingerprint density at radius 2 is 1.94 bits per heavy atom. The van der Waals surface area contributed by atoms with Crippen molar-refractivity contribution in [1.82, 2.24) is 9.55 Å². The van der Waals surface area contributed by atoms with Crippen molar-refractivity contribution in [2.75, 3.05) is 12.8 Å². The summed E-state index contributed by atoms with van der Waals surface area (Å²) in [6.07, 6.45) is 0. The maximum absolute atomic E-state index is 5.92. The standard InChI is InChI=1S/C13H17N3O/c1-8-9(2)16(10(3)15-8)11-5-6-13(17-4)12(14)7-11/h5-7H,14H2,1-4H3. The summed E-state index contributed by atoms with van der Waals surface area (Å²) >= 11 is 0. The summed E-state index contributed by atoms with van der Waals surface area (Å²) in [7, 11) is 1.61. The number of methoxy groups -OCH3 is 1. The van der Waals surface area contributed by atoms with Crippen molar-refractivity contribution in [1.29, 1.82) is 0 Å². The fraction of sp³-hybridized carbons (Fsp3) is 0.308. The van der Waals surface area contributed by atoms with E-state index in [-0.39, 0.29) is 0 Å². The van der Waals surface area contributed by atoms with Gasteiger partial charge < -0.3 is 15.0 Å². The minimum absolute atomic E-state index is 0.634. The van der Waals surface area contributed by atoms with Crippen LogP contribution in [0.3, 0.4) is 0 Å². The first-order valence-corrected chi connectivity index (χ1v) is 5.51. The Balaban J connectivity index is 2.57. The van der Waals surface area contributed by atoms with E-state index >= 15 is 0 Å². The highest BCUT2D eigenvalue weighted by molar-refractivity contribution is 5.58. The molecule has 0 aliphatic heterocycles. The average Bonchev–Trinajstić information content (AvgIpc) is 2.53. The van der Waals surface area contributed by atoms with Crippen molar-refractivity contribution in [2.24, 2.45) is 0 Å². The molecular weight excluding hydrogens is 214 g/mol. The number of hydrogen-bond acceptors (Lipinski definition) is 3. The quantitative estimate of drug-likeness (QED) is 0.807. The van der Waals surface area contributed by atoms with Crippen LogP contribution in [0.25, 0.3) is 5.69 Å². The second-order valence-electron chi connectivity index (χ2n) is 4.09. The minimum atomic E-state index is 0.634. The molecule has 0 aliphatic carbocycles. The van der Waals surface area contributed by atoms with E-state index < -0.39 is 0 Å². The van der Waals surface area contributed by atoms with Crippen LogP contribution in [-0.4, -0.2) is 16.7 Å². The largest absolute Gasteiger partial charge is 0.495 e. The van der Waals surface area contributed by atoms with Crippen LogP contribution in [0.4, 0.5) is 5.69 Å². The molecule has 0 spiro atoms. The molecule has 0 radical (unpaired) electrons. The summed E-state index contributed by atoms with van der Waals surface area (Å²) < 4.78 is 7.24. The van der Waals surface area contributed by atoms with E-state index in [2.05, 4.69) is 16.5 Å². The molecule has 1 aromatic heterocycles. The SMILES string of the molecule is COc1ccc(-n2c(C)nc(C)c2C)cc1N. The Hall–Kier alpha value is -1.97. The number of nitrogen functional groups attached to an aromatic ring is 1. The zero-order chi connectivity index (χ0) is 12.6. The van der Waals surface area contributed by atoms with Gasteiger partial charge in [-0.2, -0.15) is 0 Å². The topological polar surface area (TPSA) is 53.1 Å². The van der Waals surface area contributed by atoms with Gasteiger partial charge in [-0.3, -0.25) is 0 Å². The predicted octanol–water partition coefficient (Wildman–Crippen LogP) is 2.39. The molecule has 0 unspecified atom stereocenters. The summed E-state index contributed by atoms with van der Waals surface area (Å²) in [5, 5.41) is 0. The lowest BCUT2D eigenvalue weighted by Crippen LogP contribution is -2.01. The number of aryl methyl sites for hydroxylation is 2. The summed E-state index contributed by atoms with van der Waals surface area (Å²) in [5.41, 5.74) is 9.74. The van der Waals surface area contributed by atoms with Gasteiger partial charge in [0.25, 0.3) is 0 Å². The third kappa shape index (κ3) is 1.86. The maximum Gasteiger partial charge on any atom is 0.141 e. The fourth-order valence-corrected chi connectivity index (χ4v) is 2.02. The summed E-state index contributed by atoms with van der Waals surface area (Å²) in [6.45, 7) is 6.04. The molecule has 0 aliphatic rings. The van der Waals surface area contributed by atoms with Crippen LogP contribution >= 0.6 is 0 Å². The molecule has 0 atom stereocenters. The first-order valence-electron chi connectivity index (χ1n) is 5.51. The molecule has 0 saturated carbocycles. The zero-order valence-electron chi connectivity index (χ0n) is 10.6. The van der Waals surface area contributed by atoms with Crippen LogP contribution in [-0.2, 0) is 0 Å². The summed E-state index contributed by atoms with van der Waals surface area (Å²) in [4.78, 5) is 4.45. The monoisotopic (exact) mass is 231 g/mol. The third-order valence-corrected chi connectivity index (χ3v) is 2.98. The highest BCUT2D eigenvalue weighted by atomic mass is 16.5. The van der Waals surface area contributed by atoms with Gasteiger partial charge >= 0.3 is 0 Å². The highest BCUT2D eigenvalue weighted by Gasteiger charge is 2.10. The normalized spacial score (nSPS) is 10.6. The van der Waals surface area contributed by atoms with E-state index in [1.807, 2.05) is 32.0 Å². The molecular formula is C13H17N3O. The molecule has 2 aromatic rings. The first-order chi connectivity index (χ1) is 8.04. The van der Waals surface area contributed by atoms with Crippen molar-refractivity contribution < 1.29 is 4.74 Å². The number of aromatic nitrogens is 2. The Labute approximate surface area is 101 Å². The summed E-state index contributed by atoms with van der Waals surface area (Å²) in [5.74, 6) is 1.66. The van der Waals surface area contributed by atoms with Gasteiger partial charge in [-0.15, -0.1) is 0 Å². The Kier molecular flexibility index (Phi) is 2.79. The van der Waals surface area contributed by atoms with Crippen molar-refractivity contribution in [3.8, 4) is 11.4 Å². The number of nitrogens with zero attached hydrogens (tertiary/aromatic N) is 2. The first kappa shape index (κ1) is 11.5. The Morgan fingerprint density at radius 3 is 2.41 bits per heavy atom. The second-order valence-corrected chi connectivity index (χ2v) is 4.09. The van der Waals surface area contributed by atoms with Crippen molar-refractivity contribution in [3.63, 3.8) is 0 Å². The second kappa shape index (κ2) is 4.13. The van der Waals surface area contributed by atoms with Crippen LogP contribution in [0.5, 0.6) is 5.75 Å². The lowest BCUT2D eigenvalue weighted by atomic mass is 10.2. The molecule has 0 bridgehead atoms. The third-order valence-electron chi connectivity index (χ3n) is 2.98. The number of anilines is 1. The molecule has 0 saturated heterocycles. The maximum atomic E-state index is 5.92. The van der Waals surface area contributed by atoms with E-state index in [4.69, 9.17) is 10.5 Å². The molecule has 4 heteroatoms. The van der Waals surface area contributed by atoms with Crippen LogP contribution in [0.1, 0.15) is 17.2 Å². The van der Waals surface area contributed by atoms with Gasteiger partial charge in [0, 0.05) is 11.4 Å². The lowest BCUT2D eigenvalue weighted by molar-refractivity contribution is 0.417. The van der Waals surface area contributed by atoms with Gasteiger partial charge in [0.1, 0.15) is 11.6 Å². The van der Waals surface area contributed by atoms with Gasteiger partial charge in [-0.05, 0) is 39.0 Å². The van der Waals surface area contributed by atoms with Gasteiger partial charge in [0.05, 0.1) is 18.5 Å². The Morgan fingerprint density at radius 1 is 1.24 bits per heavy atom. The molecule has 1 aromatic carbocycles. The van der Waals surface area contributed by atoms with Crippen LogP contribution in [0, 0.1) is 20.8 Å². The van der Waals surface area contributed by atoms with Gasteiger partial charge in [-0.25, -0.2) is 4.98 Å². The summed E-state index contributed by atoms with van der Waals surface area (Å²) in [6, 6.07) is 5.76.